The summed E-state index contributed by atoms with van der Waals surface area (Å²) in [5, 5.41) is 16.5. The van der Waals surface area contributed by atoms with Gasteiger partial charge in [0.05, 0.1) is 11.5 Å². The van der Waals surface area contributed by atoms with Crippen LogP contribution in [0.5, 0.6) is 11.5 Å². The highest BCUT2D eigenvalue weighted by molar-refractivity contribution is 5.94. The molecule has 1 amide bonds. The van der Waals surface area contributed by atoms with E-state index in [1.807, 2.05) is 0 Å². The van der Waals surface area contributed by atoms with E-state index >= 15 is 0 Å². The smallest absolute Gasteiger partial charge is 0.387 e. The van der Waals surface area contributed by atoms with Gasteiger partial charge in [0.1, 0.15) is 5.69 Å². The number of hydrogen-bond donors (Lipinski definition) is 2. The summed E-state index contributed by atoms with van der Waals surface area (Å²) in [5.74, 6) is -0.575. The van der Waals surface area contributed by atoms with Crippen molar-refractivity contribution >= 4 is 17.3 Å². The molecule has 0 aliphatic rings. The van der Waals surface area contributed by atoms with E-state index in [1.165, 1.54) is 24.3 Å². The molecular formula is C18H19F2N3O5. The number of benzene rings is 2. The summed E-state index contributed by atoms with van der Waals surface area (Å²) >= 11 is 0. The molecule has 2 aromatic rings. The standard InChI is InChI=1S/C18H19F2N3O5/c1-2-27-16-11-12(7-8-15(16)28-18(19)20)17(24)22-10-9-21-13-5-3-4-6-14(13)23(25)26/h3-8,11,18,21H,2,9-10H2,1H3,(H,22,24). The van der Waals surface area contributed by atoms with Crippen LogP contribution in [0.15, 0.2) is 42.5 Å². The molecule has 0 spiro atoms. The molecule has 0 saturated heterocycles. The van der Waals surface area contributed by atoms with E-state index < -0.39 is 17.4 Å². The molecule has 150 valence electrons. The lowest BCUT2D eigenvalue weighted by Gasteiger charge is -2.13. The first-order valence-electron chi connectivity index (χ1n) is 8.39. The number of anilines is 1. The molecule has 0 saturated carbocycles. The number of para-hydroxylation sites is 2. The SMILES string of the molecule is CCOc1cc(C(=O)NCCNc2ccccc2[N+](=O)[O-])ccc1OC(F)F. The molecule has 2 rings (SSSR count). The van der Waals surface area contributed by atoms with Crippen LogP contribution in [-0.2, 0) is 0 Å². The highest BCUT2D eigenvalue weighted by atomic mass is 19.3. The second kappa shape index (κ2) is 10.0. The van der Waals surface area contributed by atoms with Gasteiger partial charge in [0, 0.05) is 24.7 Å². The molecule has 10 heteroatoms. The number of rotatable bonds is 10. The molecule has 2 aromatic carbocycles. The highest BCUT2D eigenvalue weighted by Gasteiger charge is 2.15. The van der Waals surface area contributed by atoms with Crippen LogP contribution in [0, 0.1) is 10.1 Å². The van der Waals surface area contributed by atoms with Gasteiger partial charge in [-0.05, 0) is 31.2 Å². The number of halogens is 2. The highest BCUT2D eigenvalue weighted by Crippen LogP contribution is 2.30. The van der Waals surface area contributed by atoms with Gasteiger partial charge < -0.3 is 20.1 Å². The summed E-state index contributed by atoms with van der Waals surface area (Å²) < 4.78 is 34.4. The zero-order chi connectivity index (χ0) is 20.5. The van der Waals surface area contributed by atoms with E-state index in [-0.39, 0.29) is 42.4 Å². The van der Waals surface area contributed by atoms with E-state index in [0.29, 0.717) is 5.69 Å². The zero-order valence-electron chi connectivity index (χ0n) is 15.0. The number of ether oxygens (including phenoxy) is 2. The summed E-state index contributed by atoms with van der Waals surface area (Å²) in [6.07, 6.45) is 0. The van der Waals surface area contributed by atoms with Gasteiger partial charge in [-0.2, -0.15) is 8.78 Å². The Labute approximate surface area is 159 Å². The molecular weight excluding hydrogens is 376 g/mol. The zero-order valence-corrected chi connectivity index (χ0v) is 15.0. The Morgan fingerprint density at radius 3 is 2.61 bits per heavy atom. The summed E-state index contributed by atoms with van der Waals surface area (Å²) in [4.78, 5) is 22.7. The van der Waals surface area contributed by atoms with Crippen LogP contribution in [-0.4, -0.2) is 37.1 Å². The Hall–Kier alpha value is -3.43. The summed E-state index contributed by atoms with van der Waals surface area (Å²) in [6, 6.07) is 10.0. The largest absolute Gasteiger partial charge is 0.490 e. The van der Waals surface area contributed by atoms with Gasteiger partial charge in [-0.15, -0.1) is 0 Å². The fraction of sp³-hybridized carbons (Fsp3) is 0.278. The van der Waals surface area contributed by atoms with Crippen molar-refractivity contribution < 1.29 is 28.0 Å². The van der Waals surface area contributed by atoms with Crippen LogP contribution >= 0.6 is 0 Å². The Kier molecular flexibility index (Phi) is 7.49. The van der Waals surface area contributed by atoms with Crippen LogP contribution in [0.4, 0.5) is 20.2 Å². The molecule has 0 heterocycles. The van der Waals surface area contributed by atoms with E-state index in [0.717, 1.165) is 0 Å². The lowest BCUT2D eigenvalue weighted by molar-refractivity contribution is -0.384. The molecule has 0 aliphatic carbocycles. The first-order chi connectivity index (χ1) is 13.4. The summed E-state index contributed by atoms with van der Waals surface area (Å²) in [6.45, 7) is -0.685. The van der Waals surface area contributed by atoms with Crippen LogP contribution in [0.1, 0.15) is 17.3 Å². The average Bonchev–Trinajstić information content (AvgIpc) is 2.66. The summed E-state index contributed by atoms with van der Waals surface area (Å²) in [5.41, 5.74) is 0.481. The van der Waals surface area contributed by atoms with Gasteiger partial charge in [-0.1, -0.05) is 12.1 Å². The maximum Gasteiger partial charge on any atom is 0.387 e. The number of nitro groups is 1. The summed E-state index contributed by atoms with van der Waals surface area (Å²) in [7, 11) is 0. The predicted molar refractivity (Wildman–Crippen MR) is 98.2 cm³/mol. The number of amides is 1. The van der Waals surface area contributed by atoms with Gasteiger partial charge in [0.25, 0.3) is 11.6 Å². The van der Waals surface area contributed by atoms with Crippen LogP contribution < -0.4 is 20.1 Å². The van der Waals surface area contributed by atoms with Crippen molar-refractivity contribution in [1.82, 2.24) is 5.32 Å². The monoisotopic (exact) mass is 395 g/mol. The number of carbonyl (C=O) groups excluding carboxylic acids is 1. The minimum atomic E-state index is -3.01. The topological polar surface area (TPSA) is 103 Å². The molecule has 0 fully saturated rings. The number of nitrogens with zero attached hydrogens (tertiary/aromatic N) is 1. The molecule has 0 radical (unpaired) electrons. The Bertz CT molecular complexity index is 833. The average molecular weight is 395 g/mol. The normalized spacial score (nSPS) is 10.4. The molecule has 8 nitrogen and oxygen atoms in total. The second-order valence-corrected chi connectivity index (χ2v) is 5.43. The van der Waals surface area contributed by atoms with Gasteiger partial charge in [0.2, 0.25) is 0 Å². The molecule has 28 heavy (non-hydrogen) atoms. The van der Waals surface area contributed by atoms with Gasteiger partial charge in [-0.25, -0.2) is 0 Å². The van der Waals surface area contributed by atoms with Gasteiger partial charge in [-0.3, -0.25) is 14.9 Å². The number of nitro benzene ring substituents is 1. The predicted octanol–water partition coefficient (Wildman–Crippen LogP) is 3.44. The van der Waals surface area contributed by atoms with Crippen molar-refractivity contribution in [2.45, 2.75) is 13.5 Å². The maximum absolute atomic E-state index is 12.4. The third-order valence-corrected chi connectivity index (χ3v) is 3.55. The molecule has 0 bridgehead atoms. The number of hydrogen-bond acceptors (Lipinski definition) is 6. The minimum absolute atomic E-state index is 0.0356. The number of alkyl halides is 2. The number of carbonyl (C=O) groups is 1. The fourth-order valence-corrected chi connectivity index (χ4v) is 2.37. The van der Waals surface area contributed by atoms with Crippen LogP contribution in [0.3, 0.4) is 0 Å². The lowest BCUT2D eigenvalue weighted by Crippen LogP contribution is -2.28. The molecule has 2 N–H and O–H groups in total. The third-order valence-electron chi connectivity index (χ3n) is 3.55. The van der Waals surface area contributed by atoms with Crippen molar-refractivity contribution in [2.75, 3.05) is 25.0 Å². The first-order valence-corrected chi connectivity index (χ1v) is 8.39. The lowest BCUT2D eigenvalue weighted by atomic mass is 10.2. The van der Waals surface area contributed by atoms with Crippen molar-refractivity contribution in [1.29, 1.82) is 0 Å². The quantitative estimate of drug-likeness (QED) is 0.363. The van der Waals surface area contributed by atoms with Gasteiger partial charge in [0.15, 0.2) is 11.5 Å². The fourth-order valence-electron chi connectivity index (χ4n) is 2.37. The van der Waals surface area contributed by atoms with Crippen molar-refractivity contribution in [3.05, 3.63) is 58.1 Å². The Balaban J connectivity index is 1.94. The maximum atomic E-state index is 12.4. The van der Waals surface area contributed by atoms with Crippen molar-refractivity contribution in [2.24, 2.45) is 0 Å². The first kappa shape index (κ1) is 20.9. The van der Waals surface area contributed by atoms with E-state index in [4.69, 9.17) is 4.74 Å². The van der Waals surface area contributed by atoms with Gasteiger partial charge >= 0.3 is 6.61 Å². The molecule has 0 atom stereocenters. The Morgan fingerprint density at radius 2 is 1.93 bits per heavy atom. The van der Waals surface area contributed by atoms with Crippen LogP contribution in [0.2, 0.25) is 0 Å². The third kappa shape index (κ3) is 5.79. The number of nitrogens with one attached hydrogen (secondary N) is 2. The second-order valence-electron chi connectivity index (χ2n) is 5.43. The van der Waals surface area contributed by atoms with Crippen molar-refractivity contribution in [3.8, 4) is 11.5 Å². The van der Waals surface area contributed by atoms with E-state index in [9.17, 15) is 23.7 Å². The van der Waals surface area contributed by atoms with Crippen molar-refractivity contribution in [3.63, 3.8) is 0 Å². The Morgan fingerprint density at radius 1 is 1.18 bits per heavy atom. The molecule has 0 aliphatic heterocycles. The van der Waals surface area contributed by atoms with E-state index in [1.54, 1.807) is 25.1 Å². The van der Waals surface area contributed by atoms with E-state index in [2.05, 4.69) is 15.4 Å². The molecule has 0 aromatic heterocycles. The minimum Gasteiger partial charge on any atom is -0.490 e. The van der Waals surface area contributed by atoms with Crippen LogP contribution in [0.25, 0.3) is 0 Å². The molecule has 0 unspecified atom stereocenters.